The molecule has 0 aromatic rings. The lowest BCUT2D eigenvalue weighted by Crippen LogP contribution is -2.30. The van der Waals surface area contributed by atoms with Gasteiger partial charge in [-0.15, -0.1) is 0 Å². The van der Waals surface area contributed by atoms with Crippen molar-refractivity contribution < 1.29 is 28.6 Å². The van der Waals surface area contributed by atoms with E-state index in [9.17, 15) is 14.4 Å². The molecule has 0 fully saturated rings. The Morgan fingerprint density at radius 3 is 1.28 bits per heavy atom. The van der Waals surface area contributed by atoms with Gasteiger partial charge in [0, 0.05) is 19.3 Å². The summed E-state index contributed by atoms with van der Waals surface area (Å²) in [6.07, 6.45) is 58.1. The van der Waals surface area contributed by atoms with E-state index in [2.05, 4.69) is 57.2 Å². The molecular weight excluding hydrogens is 709 g/mol. The Bertz CT molecular complexity index is 1180. The average Bonchev–Trinajstić information content (AvgIpc) is 3.21. The van der Waals surface area contributed by atoms with E-state index in [-0.39, 0.29) is 31.1 Å². The summed E-state index contributed by atoms with van der Waals surface area (Å²) in [6, 6.07) is 0. The van der Waals surface area contributed by atoms with E-state index in [0.29, 0.717) is 19.3 Å². The lowest BCUT2D eigenvalue weighted by molar-refractivity contribution is -0.167. The molecule has 0 aliphatic rings. The number of rotatable bonds is 39. The molecule has 0 aromatic carbocycles. The van der Waals surface area contributed by atoms with E-state index in [4.69, 9.17) is 14.2 Å². The molecule has 0 heterocycles. The minimum atomic E-state index is -0.800. The molecule has 0 N–H and O–H groups in total. The van der Waals surface area contributed by atoms with Gasteiger partial charge in [-0.05, 0) is 64.2 Å². The summed E-state index contributed by atoms with van der Waals surface area (Å²) in [7, 11) is 0. The van der Waals surface area contributed by atoms with Crippen LogP contribution in [0.15, 0.2) is 97.2 Å². The van der Waals surface area contributed by atoms with Crippen molar-refractivity contribution in [3.8, 4) is 0 Å². The molecule has 6 heteroatoms. The fraction of sp³-hybridized carbons (Fsp3) is 0.627. The molecule has 57 heavy (non-hydrogen) atoms. The van der Waals surface area contributed by atoms with Crippen LogP contribution in [0.25, 0.3) is 0 Å². The molecule has 0 aromatic heterocycles. The Morgan fingerprint density at radius 2 is 0.772 bits per heavy atom. The van der Waals surface area contributed by atoms with E-state index in [1.54, 1.807) is 0 Å². The van der Waals surface area contributed by atoms with E-state index >= 15 is 0 Å². The molecule has 0 aliphatic heterocycles. The molecule has 1 unspecified atom stereocenters. The summed E-state index contributed by atoms with van der Waals surface area (Å²) >= 11 is 0. The number of carbonyl (C=O) groups is 3. The largest absolute Gasteiger partial charge is 0.462 e. The molecule has 0 saturated carbocycles. The number of ether oxygens (including phenoxy) is 3. The molecule has 0 amide bonds. The first-order valence-corrected chi connectivity index (χ1v) is 22.8. The molecule has 6 nitrogen and oxygen atoms in total. The van der Waals surface area contributed by atoms with Gasteiger partial charge in [0.1, 0.15) is 13.2 Å². The Morgan fingerprint density at radius 1 is 0.386 bits per heavy atom. The highest BCUT2D eigenvalue weighted by Gasteiger charge is 2.19. The number of hydrogen-bond donors (Lipinski definition) is 0. The summed E-state index contributed by atoms with van der Waals surface area (Å²) in [5.41, 5.74) is 0. The molecule has 0 bridgehead atoms. The normalized spacial score (nSPS) is 13.0. The fourth-order valence-corrected chi connectivity index (χ4v) is 5.86. The van der Waals surface area contributed by atoms with Crippen molar-refractivity contribution in [3.63, 3.8) is 0 Å². The maximum absolute atomic E-state index is 12.7. The van der Waals surface area contributed by atoms with Crippen molar-refractivity contribution in [3.05, 3.63) is 97.2 Å². The predicted molar refractivity (Wildman–Crippen MR) is 242 cm³/mol. The van der Waals surface area contributed by atoms with Gasteiger partial charge in [-0.3, -0.25) is 14.4 Å². The van der Waals surface area contributed by atoms with E-state index in [1.807, 2.05) is 60.8 Å². The zero-order valence-corrected chi connectivity index (χ0v) is 36.6. The minimum absolute atomic E-state index is 0.0983. The predicted octanol–water partition coefficient (Wildman–Crippen LogP) is 14.6. The van der Waals surface area contributed by atoms with Crippen molar-refractivity contribution in [1.29, 1.82) is 0 Å². The average molecular weight is 791 g/mol. The van der Waals surface area contributed by atoms with Gasteiger partial charge < -0.3 is 14.2 Å². The number of carbonyl (C=O) groups excluding carboxylic acids is 3. The van der Waals surface area contributed by atoms with Crippen LogP contribution in [0.4, 0.5) is 0 Å². The van der Waals surface area contributed by atoms with Crippen LogP contribution in [0.5, 0.6) is 0 Å². The first kappa shape index (κ1) is 53.3. The van der Waals surface area contributed by atoms with Gasteiger partial charge in [-0.1, -0.05) is 201 Å². The van der Waals surface area contributed by atoms with Crippen LogP contribution in [0, 0.1) is 0 Å². The summed E-state index contributed by atoms with van der Waals surface area (Å²) in [6.45, 7) is 6.29. The third-order valence-electron chi connectivity index (χ3n) is 9.25. The molecule has 1 atom stereocenters. The number of unbranched alkanes of at least 4 members (excludes halogenated alkanes) is 17. The van der Waals surface area contributed by atoms with E-state index in [0.717, 1.165) is 103 Å². The van der Waals surface area contributed by atoms with Crippen molar-refractivity contribution >= 4 is 17.9 Å². The highest BCUT2D eigenvalue weighted by molar-refractivity contribution is 5.71. The van der Waals surface area contributed by atoms with Gasteiger partial charge in [-0.25, -0.2) is 0 Å². The summed E-state index contributed by atoms with van der Waals surface area (Å²) in [5, 5.41) is 0. The lowest BCUT2D eigenvalue weighted by atomic mass is 10.1. The highest BCUT2D eigenvalue weighted by atomic mass is 16.6. The molecule has 0 aliphatic carbocycles. The van der Waals surface area contributed by atoms with Crippen LogP contribution in [-0.4, -0.2) is 37.2 Å². The number of allylic oxidation sites excluding steroid dienone is 16. The maximum atomic E-state index is 12.7. The van der Waals surface area contributed by atoms with Crippen molar-refractivity contribution in [2.24, 2.45) is 0 Å². The summed E-state index contributed by atoms with van der Waals surface area (Å²) < 4.78 is 16.6. The standard InChI is InChI=1S/C51H82O6/c1-4-7-10-13-16-19-22-24-25-26-27-28-30-32-35-38-41-44-50(53)56-47-48(46-55-49(52)43-40-37-34-31-21-18-15-12-9-6-3)57-51(54)45-42-39-36-33-29-23-20-17-14-11-8-5-2/h7-8,10-11,13,16-17,19-20,22,24-28,30,48H,4-6,9,12,14-15,18,21,23,29,31-47H2,1-3H3/b10-7-,11-8-,16-13-,20-17-,22-19-,25-24-,27-26+,30-28-. The Balaban J connectivity index is 4.50. The molecule has 0 radical (unpaired) electrons. The molecule has 0 spiro atoms. The Kier molecular flexibility index (Phi) is 42.1. The van der Waals surface area contributed by atoms with Crippen LogP contribution < -0.4 is 0 Å². The zero-order chi connectivity index (χ0) is 41.5. The second-order valence-electron chi connectivity index (χ2n) is 14.7. The second-order valence-corrected chi connectivity index (χ2v) is 14.7. The van der Waals surface area contributed by atoms with Gasteiger partial charge in [0.15, 0.2) is 6.10 Å². The molecule has 322 valence electrons. The second kappa shape index (κ2) is 45.0. The molecular formula is C51H82O6. The maximum Gasteiger partial charge on any atom is 0.306 e. The summed E-state index contributed by atoms with van der Waals surface area (Å²) in [5.74, 6) is -0.970. The van der Waals surface area contributed by atoms with Crippen molar-refractivity contribution in [2.75, 3.05) is 13.2 Å². The SMILES string of the molecule is CC\C=C/C=C\C=C/C=C\C=C\C=C/CCCCCC(=O)OCC(COC(=O)CCCCCCCCCCCC)OC(=O)CCCCCCC/C=C\C/C=C\CC. The molecule has 0 rings (SSSR count). The van der Waals surface area contributed by atoms with E-state index in [1.165, 1.54) is 44.9 Å². The van der Waals surface area contributed by atoms with Crippen molar-refractivity contribution in [2.45, 2.75) is 194 Å². The minimum Gasteiger partial charge on any atom is -0.462 e. The number of esters is 3. The number of hydrogen-bond acceptors (Lipinski definition) is 6. The van der Waals surface area contributed by atoms with Crippen LogP contribution in [-0.2, 0) is 28.6 Å². The fourth-order valence-electron chi connectivity index (χ4n) is 5.86. The van der Waals surface area contributed by atoms with E-state index < -0.39 is 6.10 Å². The van der Waals surface area contributed by atoms with Gasteiger partial charge >= 0.3 is 17.9 Å². The third kappa shape index (κ3) is 43.3. The third-order valence-corrected chi connectivity index (χ3v) is 9.25. The van der Waals surface area contributed by atoms with Gasteiger partial charge in [0.05, 0.1) is 0 Å². The smallest absolute Gasteiger partial charge is 0.306 e. The van der Waals surface area contributed by atoms with Crippen molar-refractivity contribution in [1.82, 2.24) is 0 Å². The first-order valence-electron chi connectivity index (χ1n) is 22.8. The molecule has 0 saturated heterocycles. The van der Waals surface area contributed by atoms with Crippen LogP contribution in [0.3, 0.4) is 0 Å². The quantitative estimate of drug-likeness (QED) is 0.0203. The van der Waals surface area contributed by atoms with Gasteiger partial charge in [0.2, 0.25) is 0 Å². The van der Waals surface area contributed by atoms with Crippen LogP contribution in [0.1, 0.15) is 188 Å². The van der Waals surface area contributed by atoms with Crippen LogP contribution in [0.2, 0.25) is 0 Å². The topological polar surface area (TPSA) is 78.9 Å². The summed E-state index contributed by atoms with van der Waals surface area (Å²) in [4.78, 5) is 37.7. The highest BCUT2D eigenvalue weighted by Crippen LogP contribution is 2.13. The lowest BCUT2D eigenvalue weighted by Gasteiger charge is -2.18. The van der Waals surface area contributed by atoms with Crippen LogP contribution >= 0.6 is 0 Å². The Labute approximate surface area is 349 Å². The van der Waals surface area contributed by atoms with Gasteiger partial charge in [-0.2, -0.15) is 0 Å². The monoisotopic (exact) mass is 791 g/mol. The Hall–Kier alpha value is -3.67. The zero-order valence-electron chi connectivity index (χ0n) is 36.6. The van der Waals surface area contributed by atoms with Gasteiger partial charge in [0.25, 0.3) is 0 Å². The first-order chi connectivity index (χ1) is 28.0.